The van der Waals surface area contributed by atoms with Gasteiger partial charge in [0.2, 0.25) is 5.91 Å². The van der Waals surface area contributed by atoms with Crippen LogP contribution in [0.1, 0.15) is 18.5 Å². The zero-order valence-corrected chi connectivity index (χ0v) is 9.80. The molecule has 98 valence electrons. The van der Waals surface area contributed by atoms with Gasteiger partial charge in [-0.05, 0) is 18.6 Å². The zero-order chi connectivity index (χ0) is 13.4. The van der Waals surface area contributed by atoms with Crippen LogP contribution >= 0.6 is 0 Å². The molecule has 2 amide bonds. The maximum Gasteiger partial charge on any atom is 0.260 e. The predicted octanol–water partition coefficient (Wildman–Crippen LogP) is -0.689. The van der Waals surface area contributed by atoms with Gasteiger partial charge in [0.05, 0.1) is 18.3 Å². The van der Waals surface area contributed by atoms with Crippen LogP contribution < -0.4 is 16.5 Å². The van der Waals surface area contributed by atoms with E-state index in [9.17, 15) is 9.59 Å². The quantitative estimate of drug-likeness (QED) is 0.395. The summed E-state index contributed by atoms with van der Waals surface area (Å²) in [7, 11) is 0. The lowest BCUT2D eigenvalue weighted by Gasteiger charge is -2.09. The minimum Gasteiger partial charge on any atom is -0.350 e. The van der Waals surface area contributed by atoms with E-state index in [1.165, 1.54) is 5.48 Å². The maximum absolute atomic E-state index is 11.4. The standard InChI is InChI=1S/C11H16N4O3/c12-9(11(17)15-18)4-5-10(16)14-7-8-3-1-2-6-13-8/h1-3,6,9,18H,4-5,7,12H2,(H,14,16)(H,15,17)/t9-/m0/s1. The van der Waals surface area contributed by atoms with Crippen molar-refractivity contribution in [3.63, 3.8) is 0 Å². The summed E-state index contributed by atoms with van der Waals surface area (Å²) in [6.45, 7) is 0.334. The molecule has 0 aliphatic carbocycles. The van der Waals surface area contributed by atoms with Crippen molar-refractivity contribution in [3.8, 4) is 0 Å². The van der Waals surface area contributed by atoms with Crippen molar-refractivity contribution in [2.45, 2.75) is 25.4 Å². The highest BCUT2D eigenvalue weighted by atomic mass is 16.5. The number of amides is 2. The molecule has 1 heterocycles. The van der Waals surface area contributed by atoms with Crippen LogP contribution in [0.25, 0.3) is 0 Å². The second kappa shape index (κ2) is 7.36. The van der Waals surface area contributed by atoms with Crippen LogP contribution in [0.2, 0.25) is 0 Å². The molecule has 0 bridgehead atoms. The zero-order valence-electron chi connectivity index (χ0n) is 9.80. The smallest absolute Gasteiger partial charge is 0.260 e. The van der Waals surface area contributed by atoms with Crippen molar-refractivity contribution < 1.29 is 14.8 Å². The molecule has 0 spiro atoms. The number of hydrogen-bond acceptors (Lipinski definition) is 5. The molecule has 1 aromatic heterocycles. The van der Waals surface area contributed by atoms with Gasteiger partial charge in [0.1, 0.15) is 0 Å². The highest BCUT2D eigenvalue weighted by Crippen LogP contribution is 1.97. The minimum atomic E-state index is -0.893. The Morgan fingerprint density at radius 3 is 2.83 bits per heavy atom. The molecule has 0 saturated carbocycles. The third kappa shape index (κ3) is 4.89. The van der Waals surface area contributed by atoms with E-state index in [-0.39, 0.29) is 18.7 Å². The molecule has 0 unspecified atom stereocenters. The first-order valence-electron chi connectivity index (χ1n) is 5.49. The summed E-state index contributed by atoms with van der Waals surface area (Å²) in [6.07, 6.45) is 1.92. The van der Waals surface area contributed by atoms with Crippen molar-refractivity contribution >= 4 is 11.8 Å². The number of hydroxylamine groups is 1. The van der Waals surface area contributed by atoms with Crippen LogP contribution in [0.4, 0.5) is 0 Å². The topological polar surface area (TPSA) is 117 Å². The van der Waals surface area contributed by atoms with Crippen molar-refractivity contribution in [1.29, 1.82) is 0 Å². The van der Waals surface area contributed by atoms with Crippen LogP contribution in [0, 0.1) is 0 Å². The highest BCUT2D eigenvalue weighted by molar-refractivity contribution is 5.82. The Morgan fingerprint density at radius 2 is 2.22 bits per heavy atom. The van der Waals surface area contributed by atoms with Crippen molar-refractivity contribution in [2.24, 2.45) is 5.73 Å². The fourth-order valence-electron chi connectivity index (χ4n) is 1.28. The SMILES string of the molecule is N[C@@H](CCC(=O)NCc1ccccn1)C(=O)NO. The third-order valence-electron chi connectivity index (χ3n) is 2.32. The van der Waals surface area contributed by atoms with Crippen LogP contribution in [0.15, 0.2) is 24.4 Å². The van der Waals surface area contributed by atoms with Gasteiger partial charge in [-0.15, -0.1) is 0 Å². The molecule has 0 aromatic carbocycles. The fourth-order valence-corrected chi connectivity index (χ4v) is 1.28. The molecule has 1 rings (SSSR count). The summed E-state index contributed by atoms with van der Waals surface area (Å²) in [6, 6.07) is 4.52. The van der Waals surface area contributed by atoms with E-state index in [2.05, 4.69) is 10.3 Å². The Balaban J connectivity index is 2.24. The number of nitrogens with zero attached hydrogens (tertiary/aromatic N) is 1. The molecule has 0 radical (unpaired) electrons. The maximum atomic E-state index is 11.4. The Bertz CT molecular complexity index is 397. The largest absolute Gasteiger partial charge is 0.350 e. The number of carbonyl (C=O) groups is 2. The van der Waals surface area contributed by atoms with E-state index in [0.717, 1.165) is 5.69 Å². The lowest BCUT2D eigenvalue weighted by Crippen LogP contribution is -2.39. The van der Waals surface area contributed by atoms with Gasteiger partial charge in [0.25, 0.3) is 5.91 Å². The number of rotatable bonds is 6. The summed E-state index contributed by atoms with van der Waals surface area (Å²) in [5.74, 6) is -0.922. The fraction of sp³-hybridized carbons (Fsp3) is 0.364. The summed E-state index contributed by atoms with van der Waals surface area (Å²) < 4.78 is 0. The molecule has 7 heteroatoms. The number of pyridine rings is 1. The van der Waals surface area contributed by atoms with Crippen LogP contribution in [-0.2, 0) is 16.1 Å². The first kappa shape index (κ1) is 14.1. The van der Waals surface area contributed by atoms with Gasteiger partial charge in [-0.3, -0.25) is 19.8 Å². The molecular weight excluding hydrogens is 236 g/mol. The molecule has 0 aliphatic heterocycles. The normalized spacial score (nSPS) is 11.7. The molecular formula is C11H16N4O3. The summed E-state index contributed by atoms with van der Waals surface area (Å²) in [4.78, 5) is 26.4. The van der Waals surface area contributed by atoms with E-state index in [4.69, 9.17) is 10.9 Å². The molecule has 18 heavy (non-hydrogen) atoms. The summed E-state index contributed by atoms with van der Waals surface area (Å²) in [5.41, 5.74) is 7.61. The number of nitrogens with one attached hydrogen (secondary N) is 2. The number of hydrogen-bond donors (Lipinski definition) is 4. The molecule has 0 aliphatic rings. The number of nitrogens with two attached hydrogens (primary N) is 1. The minimum absolute atomic E-state index is 0.113. The van der Waals surface area contributed by atoms with E-state index in [1.807, 2.05) is 6.07 Å². The van der Waals surface area contributed by atoms with Gasteiger partial charge in [-0.25, -0.2) is 5.48 Å². The Kier molecular flexibility index (Phi) is 5.75. The second-order valence-corrected chi connectivity index (χ2v) is 3.72. The number of aromatic nitrogens is 1. The van der Waals surface area contributed by atoms with Gasteiger partial charge in [-0.2, -0.15) is 0 Å². The van der Waals surface area contributed by atoms with Crippen molar-refractivity contribution in [3.05, 3.63) is 30.1 Å². The summed E-state index contributed by atoms with van der Waals surface area (Å²) in [5, 5.41) is 11.0. The van der Waals surface area contributed by atoms with Crippen molar-refractivity contribution in [2.75, 3.05) is 0 Å². The van der Waals surface area contributed by atoms with Gasteiger partial charge >= 0.3 is 0 Å². The van der Waals surface area contributed by atoms with Crippen molar-refractivity contribution in [1.82, 2.24) is 15.8 Å². The molecule has 1 atom stereocenters. The van der Waals surface area contributed by atoms with Gasteiger partial charge in [-0.1, -0.05) is 6.07 Å². The first-order chi connectivity index (χ1) is 8.63. The Morgan fingerprint density at radius 1 is 1.44 bits per heavy atom. The van der Waals surface area contributed by atoms with E-state index in [0.29, 0.717) is 6.54 Å². The number of carbonyl (C=O) groups excluding carboxylic acids is 2. The van der Waals surface area contributed by atoms with Gasteiger partial charge in [0.15, 0.2) is 0 Å². The molecule has 5 N–H and O–H groups in total. The Hall–Kier alpha value is -1.99. The lowest BCUT2D eigenvalue weighted by molar-refractivity contribution is -0.130. The lowest BCUT2D eigenvalue weighted by atomic mass is 10.1. The van der Waals surface area contributed by atoms with E-state index >= 15 is 0 Å². The average Bonchev–Trinajstić information content (AvgIpc) is 2.42. The van der Waals surface area contributed by atoms with E-state index in [1.54, 1.807) is 18.3 Å². The molecule has 1 aromatic rings. The average molecular weight is 252 g/mol. The molecule has 0 fully saturated rings. The third-order valence-corrected chi connectivity index (χ3v) is 2.32. The highest BCUT2D eigenvalue weighted by Gasteiger charge is 2.13. The van der Waals surface area contributed by atoms with Gasteiger partial charge < -0.3 is 11.1 Å². The van der Waals surface area contributed by atoms with E-state index < -0.39 is 11.9 Å². The monoisotopic (exact) mass is 252 g/mol. The molecule has 7 nitrogen and oxygen atoms in total. The predicted molar refractivity (Wildman–Crippen MR) is 63.2 cm³/mol. The second-order valence-electron chi connectivity index (χ2n) is 3.72. The summed E-state index contributed by atoms with van der Waals surface area (Å²) >= 11 is 0. The van der Waals surface area contributed by atoms with Crippen LogP contribution in [-0.4, -0.2) is 28.0 Å². The first-order valence-corrected chi connectivity index (χ1v) is 5.49. The van der Waals surface area contributed by atoms with Crippen LogP contribution in [0.5, 0.6) is 0 Å². The van der Waals surface area contributed by atoms with Crippen LogP contribution in [0.3, 0.4) is 0 Å². The van der Waals surface area contributed by atoms with Gasteiger partial charge in [0, 0.05) is 12.6 Å². The Labute approximate surface area is 104 Å². The molecule has 0 saturated heterocycles.